The fraction of sp³-hybridized carbons (Fsp3) is 0.368. The van der Waals surface area contributed by atoms with E-state index in [0.29, 0.717) is 11.5 Å². The van der Waals surface area contributed by atoms with Crippen molar-refractivity contribution in [1.82, 2.24) is 9.97 Å². The first-order valence-electron chi connectivity index (χ1n) is 9.58. The average Bonchev–Trinajstić information content (AvgIpc) is 3.23. The number of aromatic nitrogens is 2. The van der Waals surface area contributed by atoms with E-state index in [-0.39, 0.29) is 29.2 Å². The van der Waals surface area contributed by atoms with Crippen molar-refractivity contribution in [1.29, 1.82) is 0 Å². The number of nitro benzene ring substituents is 1. The molecule has 11 heteroatoms. The lowest BCUT2D eigenvalue weighted by Crippen LogP contribution is -2.37. The molecule has 1 atom stereocenters. The highest BCUT2D eigenvalue weighted by molar-refractivity contribution is 6.04. The Morgan fingerprint density at radius 3 is 2.73 bits per heavy atom. The standard InChI is InChI=1S/C19H20N6O5/c1-10-4-5-11(8-13(10)25(29)30)20-17(27)12-9-14(26)21-16-15(12)18(28)23-19(22-16)24-6-2-3-7-24/h4-5,8,12H,2-3,6-7,9H2,1H3,(H,20,27)(H2,21,22,23,26,28). The van der Waals surface area contributed by atoms with Crippen LogP contribution < -0.4 is 21.1 Å². The second-order valence-corrected chi connectivity index (χ2v) is 7.40. The normalized spacial score (nSPS) is 18.0. The van der Waals surface area contributed by atoms with Gasteiger partial charge in [0.05, 0.1) is 16.4 Å². The van der Waals surface area contributed by atoms with Crippen LogP contribution >= 0.6 is 0 Å². The number of carbonyl (C=O) groups is 2. The number of hydrogen-bond donors (Lipinski definition) is 3. The van der Waals surface area contributed by atoms with Gasteiger partial charge >= 0.3 is 0 Å². The van der Waals surface area contributed by atoms with Gasteiger partial charge in [-0.3, -0.25) is 29.5 Å². The molecule has 1 aromatic carbocycles. The molecule has 1 aromatic heterocycles. The van der Waals surface area contributed by atoms with Crippen LogP contribution in [0.5, 0.6) is 0 Å². The third kappa shape index (κ3) is 3.61. The summed E-state index contributed by atoms with van der Waals surface area (Å²) in [5.74, 6) is -1.65. The molecule has 2 amide bonds. The molecule has 0 bridgehead atoms. The van der Waals surface area contributed by atoms with Crippen molar-refractivity contribution in [3.8, 4) is 0 Å². The lowest BCUT2D eigenvalue weighted by Gasteiger charge is -2.25. The zero-order valence-corrected chi connectivity index (χ0v) is 16.2. The number of aromatic amines is 1. The quantitative estimate of drug-likeness (QED) is 0.510. The maximum Gasteiger partial charge on any atom is 0.274 e. The minimum Gasteiger partial charge on any atom is -0.342 e. The third-order valence-electron chi connectivity index (χ3n) is 5.33. The predicted octanol–water partition coefficient (Wildman–Crippen LogP) is 1.65. The monoisotopic (exact) mass is 412 g/mol. The molecule has 0 aliphatic carbocycles. The van der Waals surface area contributed by atoms with E-state index in [2.05, 4.69) is 20.6 Å². The molecule has 3 N–H and O–H groups in total. The summed E-state index contributed by atoms with van der Waals surface area (Å²) in [6, 6.07) is 4.30. The molecule has 156 valence electrons. The van der Waals surface area contributed by atoms with Gasteiger partial charge in [0.2, 0.25) is 17.8 Å². The minimum absolute atomic E-state index is 0.0759. The number of nitrogens with one attached hydrogen (secondary N) is 3. The Labute approximate surface area is 170 Å². The van der Waals surface area contributed by atoms with Crippen LogP contribution in [0, 0.1) is 17.0 Å². The lowest BCUT2D eigenvalue weighted by molar-refractivity contribution is -0.385. The fourth-order valence-corrected chi connectivity index (χ4v) is 3.78. The molecular formula is C19H20N6O5. The zero-order chi connectivity index (χ0) is 21.4. The lowest BCUT2D eigenvalue weighted by atomic mass is 9.92. The molecule has 1 saturated heterocycles. The first-order valence-corrected chi connectivity index (χ1v) is 9.58. The van der Waals surface area contributed by atoms with E-state index in [1.54, 1.807) is 6.92 Å². The number of rotatable bonds is 4. The van der Waals surface area contributed by atoms with Crippen molar-refractivity contribution in [2.24, 2.45) is 0 Å². The van der Waals surface area contributed by atoms with Crippen LogP contribution in [0.25, 0.3) is 0 Å². The van der Waals surface area contributed by atoms with E-state index in [0.717, 1.165) is 25.9 Å². The van der Waals surface area contributed by atoms with Crippen LogP contribution in [-0.4, -0.2) is 39.8 Å². The number of H-pyrrole nitrogens is 1. The second kappa shape index (κ2) is 7.58. The molecule has 30 heavy (non-hydrogen) atoms. The van der Waals surface area contributed by atoms with Gasteiger partial charge in [-0.15, -0.1) is 0 Å². The van der Waals surface area contributed by atoms with E-state index in [1.165, 1.54) is 18.2 Å². The van der Waals surface area contributed by atoms with Crippen LogP contribution in [0.15, 0.2) is 23.0 Å². The number of fused-ring (bicyclic) bond motifs is 1. The van der Waals surface area contributed by atoms with E-state index < -0.39 is 28.2 Å². The Balaban J connectivity index is 1.65. The smallest absolute Gasteiger partial charge is 0.274 e. The van der Waals surface area contributed by atoms with Crippen molar-refractivity contribution >= 4 is 35.0 Å². The van der Waals surface area contributed by atoms with Gasteiger partial charge in [-0.25, -0.2) is 0 Å². The van der Waals surface area contributed by atoms with E-state index >= 15 is 0 Å². The van der Waals surface area contributed by atoms with Crippen LogP contribution in [0.1, 0.15) is 36.3 Å². The van der Waals surface area contributed by atoms with Gasteiger partial charge in [0.1, 0.15) is 5.82 Å². The molecule has 2 aliphatic heterocycles. The van der Waals surface area contributed by atoms with E-state index in [1.807, 2.05) is 4.90 Å². The number of benzene rings is 1. The van der Waals surface area contributed by atoms with Gasteiger partial charge in [-0.1, -0.05) is 6.07 Å². The van der Waals surface area contributed by atoms with E-state index in [9.17, 15) is 24.5 Å². The summed E-state index contributed by atoms with van der Waals surface area (Å²) >= 11 is 0. The molecule has 11 nitrogen and oxygen atoms in total. The molecule has 4 rings (SSSR count). The van der Waals surface area contributed by atoms with Crippen molar-refractivity contribution in [3.05, 3.63) is 49.8 Å². The van der Waals surface area contributed by atoms with Gasteiger partial charge < -0.3 is 15.5 Å². The summed E-state index contributed by atoms with van der Waals surface area (Å²) in [6.07, 6.45) is 1.75. The highest BCUT2D eigenvalue weighted by Crippen LogP contribution is 2.31. The number of nitrogens with zero attached hydrogens (tertiary/aromatic N) is 3. The SMILES string of the molecule is Cc1ccc(NC(=O)C2CC(=O)Nc3nc(N4CCCC4)[nH]c(=O)c32)cc1[N+](=O)[O-]. The Hall–Kier alpha value is -3.76. The van der Waals surface area contributed by atoms with Gasteiger partial charge in [-0.2, -0.15) is 4.98 Å². The number of hydrogen-bond acceptors (Lipinski definition) is 7. The van der Waals surface area contributed by atoms with Crippen LogP contribution in [0.4, 0.5) is 23.1 Å². The summed E-state index contributed by atoms with van der Waals surface area (Å²) in [4.78, 5) is 57.4. The fourth-order valence-electron chi connectivity index (χ4n) is 3.78. The first kappa shape index (κ1) is 19.6. The highest BCUT2D eigenvalue weighted by atomic mass is 16.6. The topological polar surface area (TPSA) is 150 Å². The number of aryl methyl sites for hydroxylation is 1. The van der Waals surface area contributed by atoms with Crippen molar-refractivity contribution in [2.75, 3.05) is 28.6 Å². The molecule has 1 fully saturated rings. The first-order chi connectivity index (χ1) is 14.3. The van der Waals surface area contributed by atoms with E-state index in [4.69, 9.17) is 0 Å². The average molecular weight is 412 g/mol. The third-order valence-corrected chi connectivity index (χ3v) is 5.33. The van der Waals surface area contributed by atoms with Crippen molar-refractivity contribution in [2.45, 2.75) is 32.1 Å². The summed E-state index contributed by atoms with van der Waals surface area (Å²) < 4.78 is 0. The van der Waals surface area contributed by atoms with Crippen LogP contribution in [0.3, 0.4) is 0 Å². The zero-order valence-electron chi connectivity index (χ0n) is 16.2. The van der Waals surface area contributed by atoms with Crippen molar-refractivity contribution in [3.63, 3.8) is 0 Å². The maximum atomic E-state index is 12.9. The van der Waals surface area contributed by atoms with Gasteiger partial charge in [-0.05, 0) is 25.8 Å². The molecular weight excluding hydrogens is 392 g/mol. The maximum absolute atomic E-state index is 12.9. The number of amides is 2. The minimum atomic E-state index is -1.06. The van der Waals surface area contributed by atoms with Crippen molar-refractivity contribution < 1.29 is 14.5 Å². The van der Waals surface area contributed by atoms with Gasteiger partial charge in [0.25, 0.3) is 11.2 Å². The molecule has 0 saturated carbocycles. The molecule has 2 aliphatic rings. The molecule has 0 spiro atoms. The molecule has 3 heterocycles. The molecule has 2 aromatic rings. The number of carbonyl (C=O) groups excluding carboxylic acids is 2. The van der Waals surface area contributed by atoms with Gasteiger partial charge in [0, 0.05) is 36.8 Å². The summed E-state index contributed by atoms with van der Waals surface area (Å²) in [6.45, 7) is 3.10. The Kier molecular flexibility index (Phi) is 4.94. The molecule has 0 radical (unpaired) electrons. The predicted molar refractivity (Wildman–Crippen MR) is 109 cm³/mol. The van der Waals surface area contributed by atoms with Crippen LogP contribution in [0.2, 0.25) is 0 Å². The number of nitro groups is 1. The Morgan fingerprint density at radius 2 is 2.03 bits per heavy atom. The largest absolute Gasteiger partial charge is 0.342 e. The summed E-state index contributed by atoms with van der Waals surface area (Å²) in [5.41, 5.74) is 0.122. The second-order valence-electron chi connectivity index (χ2n) is 7.40. The Morgan fingerprint density at radius 1 is 1.30 bits per heavy atom. The summed E-state index contributed by atoms with van der Waals surface area (Å²) in [5, 5.41) is 16.3. The highest BCUT2D eigenvalue weighted by Gasteiger charge is 2.35. The Bertz CT molecular complexity index is 1110. The summed E-state index contributed by atoms with van der Waals surface area (Å²) in [7, 11) is 0. The number of anilines is 3. The molecule has 1 unspecified atom stereocenters. The van der Waals surface area contributed by atoms with Gasteiger partial charge in [0.15, 0.2) is 0 Å². The van der Waals surface area contributed by atoms with Crippen LogP contribution in [-0.2, 0) is 9.59 Å².